The monoisotopic (exact) mass is 376 g/mol. The normalized spacial score (nSPS) is 17.9. The molecule has 8 heteroatoms. The molecule has 6 nitrogen and oxygen atoms in total. The van der Waals surface area contributed by atoms with Crippen molar-refractivity contribution in [2.24, 2.45) is 5.92 Å². The first-order valence-corrected chi connectivity index (χ1v) is 9.21. The van der Waals surface area contributed by atoms with Gasteiger partial charge < -0.3 is 10.2 Å². The molecule has 0 spiro atoms. The highest BCUT2D eigenvalue weighted by Crippen LogP contribution is 2.23. The zero-order valence-electron chi connectivity index (χ0n) is 12.3. The molecule has 1 fully saturated rings. The number of nitrogens with one attached hydrogen (secondary N) is 2. The molecule has 1 saturated heterocycles. The van der Waals surface area contributed by atoms with E-state index in [4.69, 9.17) is 0 Å². The Hall–Kier alpha value is -0.700. The van der Waals surface area contributed by atoms with Crippen molar-refractivity contribution in [3.8, 4) is 0 Å². The summed E-state index contributed by atoms with van der Waals surface area (Å²) in [6.07, 6.45) is 3.62. The fourth-order valence-electron chi connectivity index (χ4n) is 2.38. The Balaban J connectivity index is 2.06. The Morgan fingerprint density at radius 2 is 2.10 bits per heavy atom. The zero-order valence-corrected chi connectivity index (χ0v) is 14.7. The van der Waals surface area contributed by atoms with Gasteiger partial charge in [0, 0.05) is 24.3 Å². The van der Waals surface area contributed by atoms with Gasteiger partial charge in [0.15, 0.2) is 0 Å². The van der Waals surface area contributed by atoms with Gasteiger partial charge in [0.05, 0.1) is 0 Å². The molecule has 2 N–H and O–H groups in total. The number of pyridine rings is 1. The predicted molar refractivity (Wildman–Crippen MR) is 86.9 cm³/mol. The zero-order chi connectivity index (χ0) is 15.5. The average Bonchev–Trinajstić information content (AvgIpc) is 2.47. The molecule has 118 valence electrons. The summed E-state index contributed by atoms with van der Waals surface area (Å²) in [5, 5.41) is 2.81. The lowest BCUT2D eigenvalue weighted by atomic mass is 9.98. The third-order valence-electron chi connectivity index (χ3n) is 3.75. The van der Waals surface area contributed by atoms with Gasteiger partial charge >= 0.3 is 0 Å². The second kappa shape index (κ2) is 7.04. The molecule has 0 aromatic carbocycles. The fourth-order valence-corrected chi connectivity index (χ4v) is 4.17. The summed E-state index contributed by atoms with van der Waals surface area (Å²) >= 11 is 3.26. The van der Waals surface area contributed by atoms with Gasteiger partial charge in [-0.05, 0) is 60.9 Å². The summed E-state index contributed by atoms with van der Waals surface area (Å²) in [6.45, 7) is 2.52. The molecule has 2 rings (SSSR count). The van der Waals surface area contributed by atoms with Gasteiger partial charge in [-0.15, -0.1) is 0 Å². The number of sulfonamides is 1. The fraction of sp³-hybridized carbons (Fsp3) is 0.615. The summed E-state index contributed by atoms with van der Waals surface area (Å²) in [4.78, 5) is 6.52. The molecule has 1 aliphatic rings. The van der Waals surface area contributed by atoms with Crippen LogP contribution in [-0.4, -0.2) is 52.0 Å². The minimum Gasteiger partial charge on any atom is -0.372 e. The van der Waals surface area contributed by atoms with Gasteiger partial charge in [-0.25, -0.2) is 18.1 Å². The smallest absolute Gasteiger partial charge is 0.244 e. The van der Waals surface area contributed by atoms with E-state index in [9.17, 15) is 8.42 Å². The molecule has 0 amide bonds. The third kappa shape index (κ3) is 4.38. The van der Waals surface area contributed by atoms with Crippen LogP contribution in [0.5, 0.6) is 0 Å². The van der Waals surface area contributed by atoms with E-state index in [1.165, 1.54) is 0 Å². The van der Waals surface area contributed by atoms with E-state index in [0.29, 0.717) is 22.8 Å². The van der Waals surface area contributed by atoms with Crippen LogP contribution < -0.4 is 10.0 Å². The number of nitrogens with zero attached hydrogens (tertiary/aromatic N) is 2. The van der Waals surface area contributed by atoms with E-state index in [-0.39, 0.29) is 4.90 Å². The molecular weight excluding hydrogens is 356 g/mol. The Bertz CT molecular complexity index is 586. The second-order valence-corrected chi connectivity index (χ2v) is 8.00. The third-order valence-corrected chi connectivity index (χ3v) is 5.62. The maximum atomic E-state index is 12.4. The van der Waals surface area contributed by atoms with Crippen molar-refractivity contribution in [3.05, 3.63) is 16.7 Å². The Kier molecular flexibility index (Phi) is 5.59. The van der Waals surface area contributed by atoms with E-state index in [1.807, 2.05) is 0 Å². The molecule has 0 bridgehead atoms. The van der Waals surface area contributed by atoms with Crippen LogP contribution in [0.2, 0.25) is 0 Å². The molecule has 2 heterocycles. The van der Waals surface area contributed by atoms with Crippen molar-refractivity contribution >= 4 is 31.8 Å². The van der Waals surface area contributed by atoms with Crippen LogP contribution in [0.4, 0.5) is 5.82 Å². The van der Waals surface area contributed by atoms with Crippen LogP contribution in [0, 0.1) is 5.92 Å². The van der Waals surface area contributed by atoms with E-state index in [0.717, 1.165) is 25.9 Å². The van der Waals surface area contributed by atoms with Gasteiger partial charge in [-0.1, -0.05) is 0 Å². The van der Waals surface area contributed by atoms with Gasteiger partial charge in [-0.3, -0.25) is 0 Å². The van der Waals surface area contributed by atoms with Crippen molar-refractivity contribution in [2.45, 2.75) is 17.7 Å². The Morgan fingerprint density at radius 3 is 2.71 bits per heavy atom. The molecule has 0 aliphatic carbocycles. The first-order valence-electron chi connectivity index (χ1n) is 6.94. The topological polar surface area (TPSA) is 74.3 Å². The van der Waals surface area contributed by atoms with E-state index in [2.05, 4.69) is 42.9 Å². The first kappa shape index (κ1) is 16.7. The highest BCUT2D eigenvalue weighted by molar-refractivity contribution is 9.10. The summed E-state index contributed by atoms with van der Waals surface area (Å²) in [7, 11) is 0.192. The number of halogens is 1. The summed E-state index contributed by atoms with van der Waals surface area (Å²) in [5.41, 5.74) is 0. The molecule has 0 radical (unpaired) electrons. The van der Waals surface area contributed by atoms with Crippen molar-refractivity contribution in [3.63, 3.8) is 0 Å². The van der Waals surface area contributed by atoms with Crippen LogP contribution in [0.3, 0.4) is 0 Å². The molecule has 1 aromatic heterocycles. The lowest BCUT2D eigenvalue weighted by molar-refractivity contribution is 0.220. The van der Waals surface area contributed by atoms with Gasteiger partial charge in [0.2, 0.25) is 10.0 Å². The Labute approximate surface area is 134 Å². The molecule has 0 atom stereocenters. The lowest BCUT2D eigenvalue weighted by Gasteiger charge is -2.28. The SMILES string of the molecule is CNc1ncc(Br)cc1S(=O)(=O)NCC1CCN(C)CC1. The summed E-state index contributed by atoms with van der Waals surface area (Å²) in [5.74, 6) is 0.753. The number of aromatic nitrogens is 1. The van der Waals surface area contributed by atoms with Crippen LogP contribution >= 0.6 is 15.9 Å². The predicted octanol–water partition coefficient (Wildman–Crippen LogP) is 1.51. The van der Waals surface area contributed by atoms with Gasteiger partial charge in [0.25, 0.3) is 0 Å². The molecule has 21 heavy (non-hydrogen) atoms. The summed E-state index contributed by atoms with van der Waals surface area (Å²) in [6, 6.07) is 1.57. The highest BCUT2D eigenvalue weighted by atomic mass is 79.9. The second-order valence-electron chi connectivity index (χ2n) is 5.35. The highest BCUT2D eigenvalue weighted by Gasteiger charge is 2.23. The molecule has 0 saturated carbocycles. The maximum absolute atomic E-state index is 12.4. The first-order chi connectivity index (χ1) is 9.92. The van der Waals surface area contributed by atoms with Crippen molar-refractivity contribution in [1.82, 2.24) is 14.6 Å². The van der Waals surface area contributed by atoms with Gasteiger partial charge in [-0.2, -0.15) is 0 Å². The van der Waals surface area contributed by atoms with E-state index >= 15 is 0 Å². The Morgan fingerprint density at radius 1 is 1.43 bits per heavy atom. The van der Waals surface area contributed by atoms with Crippen LogP contribution in [0.25, 0.3) is 0 Å². The number of hydrogen-bond acceptors (Lipinski definition) is 5. The molecule has 0 unspecified atom stereocenters. The van der Waals surface area contributed by atoms with Crippen molar-refractivity contribution in [1.29, 1.82) is 0 Å². The number of piperidine rings is 1. The van der Waals surface area contributed by atoms with Gasteiger partial charge in [0.1, 0.15) is 10.7 Å². The van der Waals surface area contributed by atoms with Crippen LogP contribution in [0.15, 0.2) is 21.6 Å². The van der Waals surface area contributed by atoms with Crippen molar-refractivity contribution < 1.29 is 8.42 Å². The molecule has 1 aliphatic heterocycles. The average molecular weight is 377 g/mol. The number of likely N-dealkylation sites (tertiary alicyclic amines) is 1. The number of anilines is 1. The van der Waals surface area contributed by atoms with Crippen LogP contribution in [-0.2, 0) is 10.0 Å². The molecular formula is C13H21BrN4O2S. The number of hydrogen-bond donors (Lipinski definition) is 2. The largest absolute Gasteiger partial charge is 0.372 e. The lowest BCUT2D eigenvalue weighted by Crippen LogP contribution is -2.37. The minimum absolute atomic E-state index is 0.173. The van der Waals surface area contributed by atoms with E-state index in [1.54, 1.807) is 19.3 Å². The van der Waals surface area contributed by atoms with E-state index < -0.39 is 10.0 Å². The number of rotatable bonds is 5. The maximum Gasteiger partial charge on any atom is 0.244 e. The van der Waals surface area contributed by atoms with Crippen molar-refractivity contribution in [2.75, 3.05) is 39.0 Å². The quantitative estimate of drug-likeness (QED) is 0.814. The minimum atomic E-state index is -3.56. The van der Waals surface area contributed by atoms with Crippen LogP contribution in [0.1, 0.15) is 12.8 Å². The standard InChI is InChI=1S/C13H21BrN4O2S/c1-15-13-12(7-11(14)9-16-13)21(19,20)17-8-10-3-5-18(2)6-4-10/h7,9-10,17H,3-6,8H2,1-2H3,(H,15,16). The summed E-state index contributed by atoms with van der Waals surface area (Å²) < 4.78 is 28.3. The molecule has 1 aromatic rings.